The summed E-state index contributed by atoms with van der Waals surface area (Å²) in [6.07, 6.45) is 0.632. The van der Waals surface area contributed by atoms with E-state index in [0.717, 1.165) is 4.90 Å². The van der Waals surface area contributed by atoms with E-state index in [-0.39, 0.29) is 23.5 Å². The smallest absolute Gasteiger partial charge is 0.323 e. The molecule has 0 bridgehead atoms. The van der Waals surface area contributed by atoms with E-state index >= 15 is 0 Å². The Balaban J connectivity index is 2.50. The van der Waals surface area contributed by atoms with Gasteiger partial charge in [-0.2, -0.15) is 0 Å². The molecule has 1 unspecified atom stereocenters. The highest BCUT2D eigenvalue weighted by Crippen LogP contribution is 2.40. The topological polar surface area (TPSA) is 74.7 Å². The average Bonchev–Trinajstić information content (AvgIpc) is 2.40. The summed E-state index contributed by atoms with van der Waals surface area (Å²) in [5.41, 5.74) is 0.988. The number of carboxylic acids is 1. The van der Waals surface area contributed by atoms with Gasteiger partial charge in [0.05, 0.1) is 10.9 Å². The number of rotatable bonds is 4. The van der Waals surface area contributed by atoms with Crippen molar-refractivity contribution in [3.63, 3.8) is 0 Å². The van der Waals surface area contributed by atoms with Gasteiger partial charge in [-0.25, -0.2) is 0 Å². The second-order valence-electron chi connectivity index (χ2n) is 4.57. The molecule has 1 aromatic carbocycles. The van der Waals surface area contributed by atoms with E-state index in [9.17, 15) is 14.4 Å². The predicted octanol–water partition coefficient (Wildman–Crippen LogP) is 2.19. The number of carbonyl (C=O) groups excluding carboxylic acids is 2. The number of benzene rings is 1. The first kappa shape index (κ1) is 14.6. The summed E-state index contributed by atoms with van der Waals surface area (Å²) in [5.74, 6) is -1.40. The average molecular weight is 293 g/mol. The molecule has 106 valence electrons. The molecule has 1 aliphatic rings. The van der Waals surface area contributed by atoms with Crippen molar-refractivity contribution in [2.24, 2.45) is 0 Å². The predicted molar refractivity (Wildman–Crippen MR) is 76.4 cm³/mol. The zero-order valence-corrected chi connectivity index (χ0v) is 12.1. The molecule has 0 aliphatic carbocycles. The Hall–Kier alpha value is -1.82. The number of aliphatic carboxylic acids is 1. The normalized spacial score (nSPS) is 17.8. The highest BCUT2D eigenvalue weighted by molar-refractivity contribution is 8.01. The molecule has 20 heavy (non-hydrogen) atoms. The van der Waals surface area contributed by atoms with E-state index in [4.69, 9.17) is 5.11 Å². The molecule has 0 saturated carbocycles. The van der Waals surface area contributed by atoms with Crippen LogP contribution in [0.25, 0.3) is 0 Å². The summed E-state index contributed by atoms with van der Waals surface area (Å²) < 4.78 is 0. The fraction of sp³-hybridized carbons (Fsp3) is 0.357. The van der Waals surface area contributed by atoms with Gasteiger partial charge < -0.3 is 5.11 Å². The molecule has 0 radical (unpaired) electrons. The minimum atomic E-state index is -1.07. The lowest BCUT2D eigenvalue weighted by molar-refractivity contribution is -0.136. The summed E-state index contributed by atoms with van der Waals surface area (Å²) in [6.45, 7) is 2.95. The highest BCUT2D eigenvalue weighted by atomic mass is 32.2. The number of nitrogens with zero attached hydrogens (tertiary/aromatic N) is 1. The van der Waals surface area contributed by atoms with Crippen LogP contribution in [-0.2, 0) is 9.59 Å². The number of hydrogen-bond donors (Lipinski definition) is 1. The summed E-state index contributed by atoms with van der Waals surface area (Å²) in [7, 11) is 0. The van der Waals surface area contributed by atoms with Crippen LogP contribution in [0.2, 0.25) is 0 Å². The Kier molecular flexibility index (Phi) is 4.13. The largest absolute Gasteiger partial charge is 0.480 e. The van der Waals surface area contributed by atoms with Crippen molar-refractivity contribution in [3.05, 3.63) is 23.8 Å². The monoisotopic (exact) mass is 293 g/mol. The Bertz CT molecular complexity index is 585. The lowest BCUT2D eigenvalue weighted by Crippen LogP contribution is -2.43. The maximum Gasteiger partial charge on any atom is 0.323 e. The van der Waals surface area contributed by atoms with Crippen LogP contribution < -0.4 is 4.90 Å². The second kappa shape index (κ2) is 5.66. The van der Waals surface area contributed by atoms with Gasteiger partial charge in [-0.05, 0) is 25.5 Å². The van der Waals surface area contributed by atoms with Crippen LogP contribution in [0, 0.1) is 0 Å². The van der Waals surface area contributed by atoms with Gasteiger partial charge in [0.15, 0.2) is 5.78 Å². The third-order valence-electron chi connectivity index (χ3n) is 3.13. The number of thioether (sulfide) groups is 1. The van der Waals surface area contributed by atoms with E-state index in [1.807, 2.05) is 6.92 Å². The maximum atomic E-state index is 12.3. The number of carboxylic acid groups (broad SMARTS) is 1. The van der Waals surface area contributed by atoms with E-state index in [1.54, 1.807) is 18.2 Å². The van der Waals surface area contributed by atoms with E-state index < -0.39 is 5.97 Å². The lowest BCUT2D eigenvalue weighted by Gasteiger charge is -2.32. The summed E-state index contributed by atoms with van der Waals surface area (Å²) >= 11 is 1.42. The molecule has 0 spiro atoms. The second-order valence-corrected chi connectivity index (χ2v) is 5.82. The van der Waals surface area contributed by atoms with E-state index in [1.165, 1.54) is 23.6 Å². The van der Waals surface area contributed by atoms with Crippen LogP contribution in [0.15, 0.2) is 23.1 Å². The molecule has 1 atom stereocenters. The van der Waals surface area contributed by atoms with Crippen molar-refractivity contribution in [1.82, 2.24) is 0 Å². The SMILES string of the molecule is CCC1Sc2ccc(C(C)=O)cc2N(CC(=O)O)C1=O. The van der Waals surface area contributed by atoms with Gasteiger partial charge >= 0.3 is 5.97 Å². The maximum absolute atomic E-state index is 12.3. The quantitative estimate of drug-likeness (QED) is 0.861. The molecule has 2 rings (SSSR count). The van der Waals surface area contributed by atoms with E-state index in [2.05, 4.69) is 0 Å². The highest BCUT2D eigenvalue weighted by Gasteiger charge is 2.33. The number of carbonyl (C=O) groups is 3. The summed E-state index contributed by atoms with van der Waals surface area (Å²) in [6, 6.07) is 5.08. The van der Waals surface area contributed by atoms with E-state index in [0.29, 0.717) is 17.7 Å². The van der Waals surface area contributed by atoms with Crippen molar-refractivity contribution >= 4 is 35.1 Å². The number of amides is 1. The molecular weight excluding hydrogens is 278 g/mol. The first-order valence-corrected chi connectivity index (χ1v) is 7.16. The number of hydrogen-bond acceptors (Lipinski definition) is 4. The summed E-state index contributed by atoms with van der Waals surface area (Å²) in [5, 5.41) is 8.71. The zero-order valence-electron chi connectivity index (χ0n) is 11.3. The molecule has 1 aliphatic heterocycles. The molecular formula is C14H15NO4S. The molecule has 0 fully saturated rings. The van der Waals surface area contributed by atoms with Crippen LogP contribution in [-0.4, -0.2) is 34.6 Å². The Morgan fingerprint density at radius 3 is 2.65 bits per heavy atom. The molecule has 5 nitrogen and oxygen atoms in total. The van der Waals surface area contributed by atoms with Crippen molar-refractivity contribution in [1.29, 1.82) is 0 Å². The fourth-order valence-electron chi connectivity index (χ4n) is 2.10. The Morgan fingerprint density at radius 2 is 2.10 bits per heavy atom. The third-order valence-corrected chi connectivity index (χ3v) is 4.55. The molecule has 1 heterocycles. The first-order valence-electron chi connectivity index (χ1n) is 6.28. The van der Waals surface area contributed by atoms with Gasteiger partial charge in [0.25, 0.3) is 0 Å². The first-order chi connectivity index (χ1) is 9.43. The van der Waals surface area contributed by atoms with Gasteiger partial charge in [-0.1, -0.05) is 13.0 Å². The van der Waals surface area contributed by atoms with Crippen LogP contribution in [0.3, 0.4) is 0 Å². The number of Topliss-reactive ketones (excluding diaryl/α,β-unsaturated/α-hetero) is 1. The summed E-state index contributed by atoms with van der Waals surface area (Å²) in [4.78, 5) is 36.8. The zero-order chi connectivity index (χ0) is 14.9. The van der Waals surface area contributed by atoms with Crippen LogP contribution in [0.1, 0.15) is 30.6 Å². The molecule has 0 saturated heterocycles. The van der Waals surface area contributed by atoms with Crippen LogP contribution >= 0.6 is 11.8 Å². The minimum absolute atomic E-state index is 0.113. The minimum Gasteiger partial charge on any atom is -0.480 e. The lowest BCUT2D eigenvalue weighted by atomic mass is 10.1. The standard InChI is InChI=1S/C14H15NO4S/c1-3-11-14(19)15(7-13(17)18)10-6-9(8(2)16)4-5-12(10)20-11/h4-6,11H,3,7H2,1-2H3,(H,17,18). The molecule has 6 heteroatoms. The number of anilines is 1. The van der Waals surface area contributed by atoms with Crippen molar-refractivity contribution in [2.45, 2.75) is 30.4 Å². The Labute approximate surface area is 121 Å². The molecule has 1 N–H and O–H groups in total. The third kappa shape index (κ3) is 2.70. The number of ketones is 1. The number of fused-ring (bicyclic) bond motifs is 1. The van der Waals surface area contributed by atoms with Crippen LogP contribution in [0.4, 0.5) is 5.69 Å². The van der Waals surface area contributed by atoms with Crippen molar-refractivity contribution in [2.75, 3.05) is 11.4 Å². The fourth-order valence-corrected chi connectivity index (χ4v) is 3.24. The van der Waals surface area contributed by atoms with Gasteiger partial charge in [-0.3, -0.25) is 19.3 Å². The molecule has 1 aromatic rings. The van der Waals surface area contributed by atoms with Gasteiger partial charge in [0.2, 0.25) is 5.91 Å². The van der Waals surface area contributed by atoms with Gasteiger partial charge in [0.1, 0.15) is 6.54 Å². The van der Waals surface area contributed by atoms with Gasteiger partial charge in [0, 0.05) is 10.5 Å². The molecule has 0 aromatic heterocycles. The van der Waals surface area contributed by atoms with Gasteiger partial charge in [-0.15, -0.1) is 11.8 Å². The Morgan fingerprint density at radius 1 is 1.40 bits per heavy atom. The van der Waals surface area contributed by atoms with Crippen molar-refractivity contribution in [3.8, 4) is 0 Å². The molecule has 1 amide bonds. The van der Waals surface area contributed by atoms with Crippen LogP contribution in [0.5, 0.6) is 0 Å². The van der Waals surface area contributed by atoms with Crippen molar-refractivity contribution < 1.29 is 19.5 Å².